The second kappa shape index (κ2) is 5.71. The van der Waals surface area contributed by atoms with E-state index in [0.29, 0.717) is 0 Å². The molecule has 0 aliphatic carbocycles. The molecule has 1 heterocycles. The molecule has 1 aliphatic heterocycles. The van der Waals surface area contributed by atoms with E-state index in [1.54, 1.807) is 0 Å². The van der Waals surface area contributed by atoms with Crippen LogP contribution in [0.5, 0.6) is 0 Å². The van der Waals surface area contributed by atoms with Crippen LogP contribution in [-0.4, -0.2) is 69.8 Å². The highest BCUT2D eigenvalue weighted by Gasteiger charge is 2.44. The van der Waals surface area contributed by atoms with Crippen molar-refractivity contribution in [1.29, 1.82) is 0 Å². The summed E-state index contributed by atoms with van der Waals surface area (Å²) < 4.78 is 9.73. The molecule has 8 heteroatoms. The second-order valence-corrected chi connectivity index (χ2v) is 3.79. The minimum atomic E-state index is -1.62. The minimum Gasteiger partial charge on any atom is -0.547 e. The van der Waals surface area contributed by atoms with Crippen molar-refractivity contribution in [3.05, 3.63) is 0 Å². The molecule has 0 unspecified atom stereocenters. The smallest absolute Gasteiger partial charge is 0.187 e. The first-order chi connectivity index (χ1) is 7.88. The van der Waals surface area contributed by atoms with Gasteiger partial charge in [0.15, 0.2) is 6.29 Å². The van der Waals surface area contributed by atoms with Gasteiger partial charge >= 0.3 is 0 Å². The molecule has 0 saturated carbocycles. The van der Waals surface area contributed by atoms with Crippen molar-refractivity contribution in [2.45, 2.75) is 43.7 Å². The molecule has 8 nitrogen and oxygen atoms in total. The topological polar surface area (TPSA) is 140 Å². The van der Waals surface area contributed by atoms with Crippen molar-refractivity contribution in [2.24, 2.45) is 0 Å². The number of hydrogen-bond donors (Lipinski definition) is 4. The van der Waals surface area contributed by atoms with Crippen LogP contribution in [0.25, 0.3) is 0 Å². The molecule has 1 fully saturated rings. The fraction of sp³-hybridized carbons (Fsp3) is 0.889. The Morgan fingerprint density at radius 3 is 2.41 bits per heavy atom. The lowest BCUT2D eigenvalue weighted by Gasteiger charge is -2.40. The van der Waals surface area contributed by atoms with Gasteiger partial charge in [-0.05, 0) is 6.92 Å². The summed E-state index contributed by atoms with van der Waals surface area (Å²) in [6, 6.07) is 0. The molecule has 0 aromatic heterocycles. The number of aliphatic hydroxyl groups excluding tert-OH is 4. The van der Waals surface area contributed by atoms with Crippen LogP contribution in [0.1, 0.15) is 6.92 Å². The molecular formula is C9H15O8-. The van der Waals surface area contributed by atoms with Gasteiger partial charge in [0.05, 0.1) is 18.7 Å². The number of carbonyl (C=O) groups is 1. The van der Waals surface area contributed by atoms with Gasteiger partial charge in [-0.25, -0.2) is 0 Å². The number of aliphatic carboxylic acids is 1. The molecular weight excluding hydrogens is 236 g/mol. The number of carboxylic acids is 1. The summed E-state index contributed by atoms with van der Waals surface area (Å²) in [6.07, 6.45) is -8.68. The lowest BCUT2D eigenvalue weighted by molar-refractivity contribution is -0.340. The molecule has 0 radical (unpaired) electrons. The summed E-state index contributed by atoms with van der Waals surface area (Å²) in [5.41, 5.74) is 0. The zero-order valence-electron chi connectivity index (χ0n) is 9.09. The van der Waals surface area contributed by atoms with Gasteiger partial charge in [0.2, 0.25) is 0 Å². The highest BCUT2D eigenvalue weighted by atomic mass is 16.7. The average Bonchev–Trinajstić information content (AvgIpc) is 2.29. The summed E-state index contributed by atoms with van der Waals surface area (Å²) >= 11 is 0. The summed E-state index contributed by atoms with van der Waals surface area (Å²) in [4.78, 5) is 10.4. The zero-order valence-corrected chi connectivity index (χ0v) is 9.09. The summed E-state index contributed by atoms with van der Waals surface area (Å²) in [6.45, 7) is 0.557. The standard InChI is InChI=1S/C9H16O8/c1-3(8(14)15)16-9-7(13)6(12)5(11)4(2-10)17-9/h3-7,9-13H,2H2,1H3,(H,14,15)/p-1/t3-,4+,5+,6-,7-,9-/m0/s1. The largest absolute Gasteiger partial charge is 0.547 e. The van der Waals surface area contributed by atoms with Crippen molar-refractivity contribution in [3.63, 3.8) is 0 Å². The van der Waals surface area contributed by atoms with E-state index in [-0.39, 0.29) is 0 Å². The van der Waals surface area contributed by atoms with Gasteiger partial charge in [0, 0.05) is 0 Å². The van der Waals surface area contributed by atoms with Crippen LogP contribution in [0.4, 0.5) is 0 Å². The lowest BCUT2D eigenvalue weighted by Crippen LogP contribution is -2.60. The molecule has 6 atom stereocenters. The first-order valence-corrected chi connectivity index (χ1v) is 5.05. The molecule has 0 spiro atoms. The van der Waals surface area contributed by atoms with Crippen LogP contribution in [0, 0.1) is 0 Å². The molecule has 4 N–H and O–H groups in total. The predicted octanol–water partition coefficient (Wildman–Crippen LogP) is -4.06. The third kappa shape index (κ3) is 3.12. The van der Waals surface area contributed by atoms with E-state index in [4.69, 9.17) is 14.6 Å². The van der Waals surface area contributed by atoms with E-state index in [0.717, 1.165) is 6.92 Å². The van der Waals surface area contributed by atoms with Gasteiger partial charge in [-0.3, -0.25) is 0 Å². The van der Waals surface area contributed by atoms with E-state index in [1.165, 1.54) is 0 Å². The minimum absolute atomic E-state index is 0.607. The monoisotopic (exact) mass is 251 g/mol. The number of aliphatic hydroxyl groups is 4. The van der Waals surface area contributed by atoms with Crippen molar-refractivity contribution in [3.8, 4) is 0 Å². The number of carbonyl (C=O) groups excluding carboxylic acids is 1. The Bertz CT molecular complexity index is 268. The van der Waals surface area contributed by atoms with Gasteiger partial charge in [-0.1, -0.05) is 0 Å². The van der Waals surface area contributed by atoms with Crippen LogP contribution < -0.4 is 5.11 Å². The molecule has 1 aliphatic rings. The first-order valence-electron chi connectivity index (χ1n) is 5.05. The Morgan fingerprint density at radius 2 is 1.94 bits per heavy atom. The van der Waals surface area contributed by atoms with E-state index in [9.17, 15) is 25.2 Å². The van der Waals surface area contributed by atoms with Crippen LogP contribution in [0.2, 0.25) is 0 Å². The van der Waals surface area contributed by atoms with E-state index in [1.807, 2.05) is 0 Å². The summed E-state index contributed by atoms with van der Waals surface area (Å²) in [7, 11) is 0. The molecule has 1 saturated heterocycles. The average molecular weight is 251 g/mol. The Balaban J connectivity index is 2.68. The highest BCUT2D eigenvalue weighted by molar-refractivity contribution is 5.69. The molecule has 17 heavy (non-hydrogen) atoms. The first kappa shape index (κ1) is 14.3. The Hall–Kier alpha value is -0.770. The number of rotatable bonds is 4. The quantitative estimate of drug-likeness (QED) is 0.395. The normalized spacial score (nSPS) is 39.9. The molecule has 0 bridgehead atoms. The Labute approximate surface area is 97.0 Å². The predicted molar refractivity (Wildman–Crippen MR) is 49.3 cm³/mol. The molecule has 0 aromatic rings. The molecule has 0 amide bonds. The zero-order chi connectivity index (χ0) is 13.2. The van der Waals surface area contributed by atoms with Crippen LogP contribution in [-0.2, 0) is 14.3 Å². The van der Waals surface area contributed by atoms with Crippen molar-refractivity contribution < 1.29 is 39.8 Å². The van der Waals surface area contributed by atoms with Gasteiger partial charge in [0.1, 0.15) is 24.4 Å². The number of hydrogen-bond acceptors (Lipinski definition) is 8. The maximum absolute atomic E-state index is 10.4. The number of ether oxygens (including phenoxy) is 2. The van der Waals surface area contributed by atoms with Gasteiger partial charge in [-0.2, -0.15) is 0 Å². The Morgan fingerprint density at radius 1 is 1.35 bits per heavy atom. The number of carboxylic acid groups (broad SMARTS) is 1. The van der Waals surface area contributed by atoms with E-state index < -0.39 is 49.4 Å². The Kier molecular flexibility index (Phi) is 4.80. The van der Waals surface area contributed by atoms with E-state index >= 15 is 0 Å². The van der Waals surface area contributed by atoms with Crippen LogP contribution >= 0.6 is 0 Å². The third-order valence-electron chi connectivity index (χ3n) is 2.52. The maximum Gasteiger partial charge on any atom is 0.187 e. The summed E-state index contributed by atoms with van der Waals surface area (Å²) in [5, 5.41) is 47.6. The van der Waals surface area contributed by atoms with Gasteiger partial charge in [-0.15, -0.1) is 0 Å². The fourth-order valence-corrected chi connectivity index (χ4v) is 1.44. The second-order valence-electron chi connectivity index (χ2n) is 3.79. The van der Waals surface area contributed by atoms with Crippen molar-refractivity contribution >= 4 is 5.97 Å². The highest BCUT2D eigenvalue weighted by Crippen LogP contribution is 2.22. The fourth-order valence-electron chi connectivity index (χ4n) is 1.44. The lowest BCUT2D eigenvalue weighted by atomic mass is 9.99. The van der Waals surface area contributed by atoms with E-state index in [2.05, 4.69) is 0 Å². The van der Waals surface area contributed by atoms with Crippen molar-refractivity contribution in [1.82, 2.24) is 0 Å². The SMILES string of the molecule is C[C@H](O[C@H]1O[C@H](CO)[C@@H](O)[C@H](O)[C@@H]1O)C(=O)[O-]. The van der Waals surface area contributed by atoms with Crippen LogP contribution in [0.3, 0.4) is 0 Å². The van der Waals surface area contributed by atoms with Gasteiger partial charge in [0.25, 0.3) is 0 Å². The van der Waals surface area contributed by atoms with Crippen LogP contribution in [0.15, 0.2) is 0 Å². The summed E-state index contributed by atoms with van der Waals surface area (Å²) in [5.74, 6) is -1.51. The maximum atomic E-state index is 10.4. The van der Waals surface area contributed by atoms with Gasteiger partial charge < -0.3 is 39.8 Å². The molecule has 0 aromatic carbocycles. The molecule has 1 rings (SSSR count). The third-order valence-corrected chi connectivity index (χ3v) is 2.52. The molecule has 100 valence electrons. The van der Waals surface area contributed by atoms with Crippen molar-refractivity contribution in [2.75, 3.05) is 6.61 Å².